The minimum Gasteiger partial charge on any atom is -0.330 e. The van der Waals surface area contributed by atoms with Crippen molar-refractivity contribution in [3.05, 3.63) is 0 Å². The van der Waals surface area contributed by atoms with E-state index in [9.17, 15) is 0 Å². The van der Waals surface area contributed by atoms with Crippen molar-refractivity contribution in [1.82, 2.24) is 0 Å². The summed E-state index contributed by atoms with van der Waals surface area (Å²) in [4.78, 5) is 0. The molecule has 0 saturated heterocycles. The van der Waals surface area contributed by atoms with Crippen LogP contribution in [0.5, 0.6) is 0 Å². The summed E-state index contributed by atoms with van der Waals surface area (Å²) < 4.78 is 0. The number of nitrogens with two attached hydrogens (primary N) is 1. The SMILES string of the molecule is NCC1CCCCCCC1. The van der Waals surface area contributed by atoms with E-state index < -0.39 is 0 Å². The van der Waals surface area contributed by atoms with E-state index in [2.05, 4.69) is 0 Å². The molecule has 0 unspecified atom stereocenters. The quantitative estimate of drug-likeness (QED) is 0.595. The van der Waals surface area contributed by atoms with Crippen LogP contribution < -0.4 is 5.73 Å². The minimum absolute atomic E-state index is 0.847. The van der Waals surface area contributed by atoms with E-state index in [0.29, 0.717) is 0 Å². The van der Waals surface area contributed by atoms with Gasteiger partial charge in [-0.15, -0.1) is 0 Å². The van der Waals surface area contributed by atoms with Gasteiger partial charge in [0.05, 0.1) is 0 Å². The second-order valence-electron chi connectivity index (χ2n) is 3.45. The molecule has 1 heteroatoms. The first-order chi connectivity index (χ1) is 4.93. The number of rotatable bonds is 1. The van der Waals surface area contributed by atoms with E-state index in [-0.39, 0.29) is 0 Å². The van der Waals surface area contributed by atoms with E-state index in [1.807, 2.05) is 0 Å². The van der Waals surface area contributed by atoms with Gasteiger partial charge in [-0.25, -0.2) is 0 Å². The Morgan fingerprint density at radius 3 is 1.90 bits per heavy atom. The highest BCUT2D eigenvalue weighted by Gasteiger charge is 2.08. The summed E-state index contributed by atoms with van der Waals surface area (Å²) in [6.07, 6.45) is 9.95. The van der Waals surface area contributed by atoms with Crippen LogP contribution in [0.2, 0.25) is 0 Å². The van der Waals surface area contributed by atoms with E-state index >= 15 is 0 Å². The Bertz CT molecular complexity index is 72.8. The molecule has 0 spiro atoms. The van der Waals surface area contributed by atoms with Crippen LogP contribution in [0.25, 0.3) is 0 Å². The van der Waals surface area contributed by atoms with Crippen LogP contribution in [0.15, 0.2) is 0 Å². The normalized spacial score (nSPS) is 23.7. The molecule has 0 atom stereocenters. The number of hydrogen-bond acceptors (Lipinski definition) is 1. The fourth-order valence-corrected chi connectivity index (χ4v) is 1.78. The van der Waals surface area contributed by atoms with E-state index in [1.54, 1.807) is 0 Å². The van der Waals surface area contributed by atoms with Gasteiger partial charge in [-0.3, -0.25) is 0 Å². The van der Waals surface area contributed by atoms with Gasteiger partial charge in [0.2, 0.25) is 0 Å². The first kappa shape index (κ1) is 8.06. The summed E-state index contributed by atoms with van der Waals surface area (Å²) in [6, 6.07) is 0. The maximum absolute atomic E-state index is 5.62. The van der Waals surface area contributed by atoms with Crippen molar-refractivity contribution in [3.63, 3.8) is 0 Å². The highest BCUT2D eigenvalue weighted by Crippen LogP contribution is 2.20. The predicted molar refractivity (Wildman–Crippen MR) is 44.9 cm³/mol. The smallest absolute Gasteiger partial charge is 0.00489 e. The van der Waals surface area contributed by atoms with E-state index in [4.69, 9.17) is 5.73 Å². The van der Waals surface area contributed by atoms with Crippen molar-refractivity contribution in [2.75, 3.05) is 6.54 Å². The van der Waals surface area contributed by atoms with Crippen molar-refractivity contribution < 1.29 is 0 Å². The van der Waals surface area contributed by atoms with Gasteiger partial charge in [0.15, 0.2) is 0 Å². The van der Waals surface area contributed by atoms with Gasteiger partial charge < -0.3 is 5.73 Å². The van der Waals surface area contributed by atoms with Gasteiger partial charge in [-0.05, 0) is 25.3 Å². The fraction of sp³-hybridized carbons (Fsp3) is 1.00. The molecule has 0 aromatic heterocycles. The third-order valence-electron chi connectivity index (χ3n) is 2.56. The molecule has 10 heavy (non-hydrogen) atoms. The van der Waals surface area contributed by atoms with Crippen molar-refractivity contribution in [3.8, 4) is 0 Å². The molecule has 1 nitrogen and oxygen atoms in total. The maximum atomic E-state index is 5.62. The second-order valence-corrected chi connectivity index (χ2v) is 3.45. The molecule has 0 radical (unpaired) electrons. The Hall–Kier alpha value is -0.0400. The van der Waals surface area contributed by atoms with Crippen LogP contribution in [0.1, 0.15) is 44.9 Å². The zero-order chi connectivity index (χ0) is 7.23. The molecule has 1 saturated carbocycles. The molecule has 0 aliphatic heterocycles. The molecule has 1 rings (SSSR count). The van der Waals surface area contributed by atoms with Gasteiger partial charge in [0.25, 0.3) is 0 Å². The molecule has 0 bridgehead atoms. The van der Waals surface area contributed by atoms with Crippen molar-refractivity contribution >= 4 is 0 Å². The number of hydrogen-bond donors (Lipinski definition) is 1. The molecular formula is C9H19N. The molecule has 0 aromatic carbocycles. The Labute approximate surface area is 64.0 Å². The Morgan fingerprint density at radius 1 is 0.900 bits per heavy atom. The highest BCUT2D eigenvalue weighted by atomic mass is 14.5. The van der Waals surface area contributed by atoms with Crippen molar-refractivity contribution in [2.24, 2.45) is 11.7 Å². The summed E-state index contributed by atoms with van der Waals surface area (Å²) in [7, 11) is 0. The van der Waals surface area contributed by atoms with Gasteiger partial charge in [0, 0.05) is 0 Å². The van der Waals surface area contributed by atoms with E-state index in [0.717, 1.165) is 12.5 Å². The predicted octanol–water partition coefficient (Wildman–Crippen LogP) is 2.31. The summed E-state index contributed by atoms with van der Waals surface area (Å²) >= 11 is 0. The Balaban J connectivity index is 2.16. The Morgan fingerprint density at radius 2 is 1.40 bits per heavy atom. The molecular weight excluding hydrogens is 122 g/mol. The average molecular weight is 141 g/mol. The molecule has 1 aliphatic rings. The lowest BCUT2D eigenvalue weighted by molar-refractivity contribution is 0.385. The largest absolute Gasteiger partial charge is 0.330 e. The summed E-state index contributed by atoms with van der Waals surface area (Å²) in [6.45, 7) is 0.917. The van der Waals surface area contributed by atoms with Crippen LogP contribution in [0.3, 0.4) is 0 Å². The van der Waals surface area contributed by atoms with Crippen LogP contribution in [-0.4, -0.2) is 6.54 Å². The standard InChI is InChI=1S/C9H19N/c10-8-9-6-4-2-1-3-5-7-9/h9H,1-8,10H2. The Kier molecular flexibility index (Phi) is 3.81. The van der Waals surface area contributed by atoms with Crippen molar-refractivity contribution in [1.29, 1.82) is 0 Å². The van der Waals surface area contributed by atoms with Gasteiger partial charge in [-0.2, -0.15) is 0 Å². The zero-order valence-electron chi connectivity index (χ0n) is 6.81. The van der Waals surface area contributed by atoms with Gasteiger partial charge in [0.1, 0.15) is 0 Å². The lowest BCUT2D eigenvalue weighted by Crippen LogP contribution is -2.15. The molecule has 0 heterocycles. The second kappa shape index (κ2) is 4.73. The third kappa shape index (κ3) is 2.70. The minimum atomic E-state index is 0.847. The average Bonchev–Trinajstić information content (AvgIpc) is 1.87. The summed E-state index contributed by atoms with van der Waals surface area (Å²) in [5.74, 6) is 0.847. The van der Waals surface area contributed by atoms with Crippen LogP contribution in [-0.2, 0) is 0 Å². The van der Waals surface area contributed by atoms with Crippen LogP contribution in [0, 0.1) is 5.92 Å². The molecule has 1 fully saturated rings. The molecule has 1 aliphatic carbocycles. The molecule has 0 amide bonds. The maximum Gasteiger partial charge on any atom is -0.00489 e. The lowest BCUT2D eigenvalue weighted by Gasteiger charge is -2.16. The summed E-state index contributed by atoms with van der Waals surface area (Å²) in [5, 5.41) is 0. The molecule has 2 N–H and O–H groups in total. The first-order valence-corrected chi connectivity index (χ1v) is 4.63. The molecule has 60 valence electrons. The van der Waals surface area contributed by atoms with E-state index in [1.165, 1.54) is 44.9 Å². The van der Waals surface area contributed by atoms with Crippen LogP contribution >= 0.6 is 0 Å². The first-order valence-electron chi connectivity index (χ1n) is 4.63. The third-order valence-corrected chi connectivity index (χ3v) is 2.56. The summed E-state index contributed by atoms with van der Waals surface area (Å²) in [5.41, 5.74) is 5.62. The highest BCUT2D eigenvalue weighted by molar-refractivity contribution is 4.63. The monoisotopic (exact) mass is 141 g/mol. The zero-order valence-corrected chi connectivity index (χ0v) is 6.81. The van der Waals surface area contributed by atoms with Crippen LogP contribution in [0.4, 0.5) is 0 Å². The fourth-order valence-electron chi connectivity index (χ4n) is 1.78. The molecule has 0 aromatic rings. The van der Waals surface area contributed by atoms with Gasteiger partial charge in [-0.1, -0.05) is 32.1 Å². The lowest BCUT2D eigenvalue weighted by atomic mass is 9.91. The van der Waals surface area contributed by atoms with Crippen molar-refractivity contribution in [2.45, 2.75) is 44.9 Å². The topological polar surface area (TPSA) is 26.0 Å². The van der Waals surface area contributed by atoms with Gasteiger partial charge >= 0.3 is 0 Å².